The fraction of sp³-hybridized carbons (Fsp3) is 0.263. The summed E-state index contributed by atoms with van der Waals surface area (Å²) in [5.74, 6) is -0.761. The van der Waals surface area contributed by atoms with Crippen LogP contribution in [-0.2, 0) is 20.1 Å². The third kappa shape index (κ3) is 4.02. The molecule has 0 radical (unpaired) electrons. The summed E-state index contributed by atoms with van der Waals surface area (Å²) in [6.45, 7) is 1.97. The van der Waals surface area contributed by atoms with Crippen molar-refractivity contribution >= 4 is 27.3 Å². The minimum atomic E-state index is -0.937. The highest BCUT2D eigenvalue weighted by atomic mass is 32.1. The predicted molar refractivity (Wildman–Crippen MR) is 113 cm³/mol. The van der Waals surface area contributed by atoms with Crippen LogP contribution in [0.3, 0.4) is 0 Å². The lowest BCUT2D eigenvalue weighted by Gasteiger charge is -2.07. The Morgan fingerprint density at radius 3 is 2.81 bits per heavy atom. The van der Waals surface area contributed by atoms with Crippen LogP contribution in [0.15, 0.2) is 40.1 Å². The Hall–Kier alpha value is -3.64. The van der Waals surface area contributed by atoms with Crippen molar-refractivity contribution in [2.45, 2.75) is 26.1 Å². The summed E-state index contributed by atoms with van der Waals surface area (Å²) in [6.07, 6.45) is 0.253. The van der Waals surface area contributed by atoms with Crippen molar-refractivity contribution in [2.75, 3.05) is 0 Å². The first kappa shape index (κ1) is 20.6. The smallest absolute Gasteiger partial charge is 0.331 e. The number of carbonyl (C=O) groups is 1. The Bertz CT molecular complexity index is 1410. The van der Waals surface area contributed by atoms with Crippen molar-refractivity contribution in [1.29, 1.82) is 0 Å². The molecule has 3 heterocycles. The molecule has 0 aliphatic heterocycles. The van der Waals surface area contributed by atoms with E-state index in [9.17, 15) is 19.5 Å². The van der Waals surface area contributed by atoms with E-state index < -0.39 is 23.3 Å². The van der Waals surface area contributed by atoms with Crippen molar-refractivity contribution in [2.24, 2.45) is 12.8 Å². The van der Waals surface area contributed by atoms with E-state index in [0.717, 1.165) is 35.9 Å². The summed E-state index contributed by atoms with van der Waals surface area (Å²) in [6, 6.07) is 8.01. The average Bonchev–Trinajstić information content (AvgIpc) is 3.34. The number of primary amides is 1. The van der Waals surface area contributed by atoms with Crippen LogP contribution in [-0.4, -0.2) is 40.4 Å². The predicted octanol–water partition coefficient (Wildman–Crippen LogP) is -0.0626. The first-order valence-corrected chi connectivity index (χ1v) is 10.1. The molecule has 4 aromatic rings. The molecule has 1 amide bonds. The van der Waals surface area contributed by atoms with Crippen LogP contribution >= 0.6 is 11.3 Å². The molecule has 12 heteroatoms. The van der Waals surface area contributed by atoms with Crippen molar-refractivity contribution in [1.82, 2.24) is 29.3 Å². The summed E-state index contributed by atoms with van der Waals surface area (Å²) in [7, 11) is 1.25. The number of benzene rings is 1. The zero-order chi connectivity index (χ0) is 22.3. The van der Waals surface area contributed by atoms with Gasteiger partial charge in [0.05, 0.1) is 13.1 Å². The normalized spacial score (nSPS) is 12.4. The molecule has 0 saturated carbocycles. The van der Waals surface area contributed by atoms with Crippen molar-refractivity contribution in [3.63, 3.8) is 0 Å². The van der Waals surface area contributed by atoms with Gasteiger partial charge in [0.1, 0.15) is 11.7 Å². The maximum Gasteiger partial charge on any atom is 0.331 e. The average molecular weight is 441 g/mol. The number of hydrogen-bond donors (Lipinski definition) is 2. The van der Waals surface area contributed by atoms with E-state index in [4.69, 9.17) is 5.73 Å². The molecule has 0 spiro atoms. The zero-order valence-electron chi connectivity index (χ0n) is 16.7. The topological polar surface area (TPSA) is 151 Å². The van der Waals surface area contributed by atoms with Crippen molar-refractivity contribution in [3.05, 3.63) is 73.1 Å². The number of carbonyl (C=O) groups excluding carboxylic acids is 1. The maximum absolute atomic E-state index is 12.3. The number of rotatable bonds is 6. The molecule has 3 N–H and O–H groups in total. The van der Waals surface area contributed by atoms with Crippen LogP contribution in [0.1, 0.15) is 32.7 Å². The number of nitrogens with zero attached hydrogens (tertiary/aromatic N) is 6. The van der Waals surface area contributed by atoms with E-state index in [0.29, 0.717) is 0 Å². The second kappa shape index (κ2) is 7.89. The summed E-state index contributed by atoms with van der Waals surface area (Å²) in [5.41, 5.74) is 4.62. The third-order valence-corrected chi connectivity index (χ3v) is 5.98. The number of aryl methyl sites for hydroxylation is 1. The number of aliphatic hydroxyl groups is 1. The molecule has 0 saturated heterocycles. The first-order chi connectivity index (χ1) is 14.7. The Morgan fingerprint density at radius 1 is 1.29 bits per heavy atom. The van der Waals surface area contributed by atoms with Crippen LogP contribution in [0, 0.1) is 6.92 Å². The highest BCUT2D eigenvalue weighted by Crippen LogP contribution is 2.31. The Morgan fingerprint density at radius 2 is 2.06 bits per heavy atom. The van der Waals surface area contributed by atoms with E-state index in [-0.39, 0.29) is 24.5 Å². The van der Waals surface area contributed by atoms with Crippen molar-refractivity contribution in [3.8, 4) is 0 Å². The van der Waals surface area contributed by atoms with Gasteiger partial charge in [-0.1, -0.05) is 12.1 Å². The molecule has 11 nitrogen and oxygen atoms in total. The molecular weight excluding hydrogens is 422 g/mol. The molecule has 1 aromatic carbocycles. The summed E-state index contributed by atoms with van der Waals surface area (Å²) < 4.78 is 2.98. The lowest BCUT2D eigenvalue weighted by molar-refractivity contribution is 0.0997. The van der Waals surface area contributed by atoms with Gasteiger partial charge in [-0.3, -0.25) is 18.7 Å². The Balaban J connectivity index is 1.54. The number of fused-ring (bicyclic) bond motifs is 1. The molecule has 4 rings (SSSR count). The molecule has 0 fully saturated rings. The fourth-order valence-electron chi connectivity index (χ4n) is 3.15. The van der Waals surface area contributed by atoms with Gasteiger partial charge in [0.15, 0.2) is 5.82 Å². The van der Waals surface area contributed by atoms with Crippen LogP contribution in [0.4, 0.5) is 0 Å². The van der Waals surface area contributed by atoms with E-state index in [1.165, 1.54) is 23.2 Å². The number of nitrogens with two attached hydrogens (primary N) is 1. The SMILES string of the molecule is Cc1ccc2cc([C@@H](O)Cn3nnc(Cn4cc(C(N)=O)c(=O)n(C)c4=O)n3)sc2c1. The minimum Gasteiger partial charge on any atom is -0.386 e. The van der Waals surface area contributed by atoms with Gasteiger partial charge in [0.25, 0.3) is 11.5 Å². The van der Waals surface area contributed by atoms with Crippen LogP contribution in [0.25, 0.3) is 10.1 Å². The molecule has 3 aromatic heterocycles. The van der Waals surface area contributed by atoms with Gasteiger partial charge in [-0.05, 0) is 35.2 Å². The van der Waals surface area contributed by atoms with Gasteiger partial charge in [-0.25, -0.2) is 4.79 Å². The standard InChI is InChI=1S/C19H19N7O4S/c1-10-3-4-11-6-15(31-14(11)5-10)13(27)8-26-22-16(21-23-26)9-25-7-12(17(20)28)18(29)24(2)19(25)30/h3-7,13,27H,8-9H2,1-2H3,(H2,20,28)/t13-/m0/s1. The molecule has 0 aliphatic rings. The van der Waals surface area contributed by atoms with Gasteiger partial charge in [0.2, 0.25) is 0 Å². The number of aromatic nitrogens is 6. The Labute approximate surface area is 179 Å². The van der Waals surface area contributed by atoms with Gasteiger partial charge < -0.3 is 10.8 Å². The molecular formula is C19H19N7O4S. The number of thiophene rings is 1. The van der Waals surface area contributed by atoms with Crippen LogP contribution in [0.5, 0.6) is 0 Å². The van der Waals surface area contributed by atoms with Crippen molar-refractivity contribution < 1.29 is 9.90 Å². The van der Waals surface area contributed by atoms with Crippen LogP contribution in [0.2, 0.25) is 0 Å². The summed E-state index contributed by atoms with van der Waals surface area (Å²) in [4.78, 5) is 37.7. The van der Waals surface area contributed by atoms with E-state index in [1.807, 2.05) is 25.1 Å². The van der Waals surface area contributed by atoms with Gasteiger partial charge in [0, 0.05) is 22.8 Å². The molecule has 31 heavy (non-hydrogen) atoms. The van der Waals surface area contributed by atoms with E-state index in [1.54, 1.807) is 0 Å². The van der Waals surface area contributed by atoms with E-state index >= 15 is 0 Å². The number of hydrogen-bond acceptors (Lipinski definition) is 8. The lowest BCUT2D eigenvalue weighted by Crippen LogP contribution is -2.42. The highest BCUT2D eigenvalue weighted by molar-refractivity contribution is 7.19. The lowest BCUT2D eigenvalue weighted by atomic mass is 10.2. The second-order valence-electron chi connectivity index (χ2n) is 7.15. The third-order valence-electron chi connectivity index (χ3n) is 4.78. The summed E-state index contributed by atoms with van der Waals surface area (Å²) in [5, 5.41) is 23.6. The molecule has 1 atom stereocenters. The van der Waals surface area contributed by atoms with Gasteiger partial charge in [-0.15, -0.1) is 21.5 Å². The zero-order valence-corrected chi connectivity index (χ0v) is 17.5. The molecule has 160 valence electrons. The monoisotopic (exact) mass is 441 g/mol. The second-order valence-corrected chi connectivity index (χ2v) is 8.26. The molecule has 0 unspecified atom stereocenters. The summed E-state index contributed by atoms with van der Waals surface area (Å²) >= 11 is 1.50. The molecule has 0 bridgehead atoms. The fourth-order valence-corrected chi connectivity index (χ4v) is 4.29. The maximum atomic E-state index is 12.3. The number of aliphatic hydroxyl groups excluding tert-OH is 1. The number of amides is 1. The van der Waals surface area contributed by atoms with Gasteiger partial charge in [-0.2, -0.15) is 4.80 Å². The van der Waals surface area contributed by atoms with Gasteiger partial charge >= 0.3 is 5.69 Å². The first-order valence-electron chi connectivity index (χ1n) is 9.28. The number of tetrazole rings is 1. The van der Waals surface area contributed by atoms with E-state index in [2.05, 4.69) is 21.5 Å². The largest absolute Gasteiger partial charge is 0.386 e. The van der Waals surface area contributed by atoms with Crippen LogP contribution < -0.4 is 17.0 Å². The quantitative estimate of drug-likeness (QED) is 0.425. The Kier molecular flexibility index (Phi) is 5.25. The minimum absolute atomic E-state index is 0.0769. The molecule has 0 aliphatic carbocycles. The highest BCUT2D eigenvalue weighted by Gasteiger charge is 2.17.